The van der Waals surface area contributed by atoms with E-state index in [1.807, 2.05) is 24.3 Å². The molecule has 2 N–H and O–H groups in total. The molecule has 0 unspecified atom stereocenters. The van der Waals surface area contributed by atoms with Crippen LogP contribution in [-0.2, 0) is 26.3 Å². The van der Waals surface area contributed by atoms with E-state index in [9.17, 15) is 10.2 Å². The second-order valence-electron chi connectivity index (χ2n) is 9.42. The lowest BCUT2D eigenvalue weighted by Crippen LogP contribution is -2.39. The molecule has 8 heteroatoms. The van der Waals surface area contributed by atoms with Gasteiger partial charge in [0.2, 0.25) is 0 Å². The number of rotatable bonds is 6. The van der Waals surface area contributed by atoms with E-state index in [4.69, 9.17) is 0 Å². The fourth-order valence-corrected chi connectivity index (χ4v) is 4.39. The SMILES string of the molecule is CN1CCCN(Cc2cccc(CO)n2)CCN(C)CCCN(Cc2cccc(CO)n2)CC1. The second-order valence-corrected chi connectivity index (χ2v) is 9.42. The molecule has 0 atom stereocenters. The van der Waals surface area contributed by atoms with Crippen molar-refractivity contribution in [2.24, 2.45) is 0 Å². The van der Waals surface area contributed by atoms with Crippen LogP contribution in [0.2, 0.25) is 0 Å². The molecule has 0 radical (unpaired) electrons. The second kappa shape index (κ2) is 14.5. The van der Waals surface area contributed by atoms with E-state index in [0.29, 0.717) is 0 Å². The van der Waals surface area contributed by atoms with Gasteiger partial charge in [0.25, 0.3) is 0 Å². The zero-order valence-electron chi connectivity index (χ0n) is 20.9. The van der Waals surface area contributed by atoms with Crippen LogP contribution in [0.5, 0.6) is 0 Å². The molecular weight excluding hydrogens is 428 g/mol. The van der Waals surface area contributed by atoms with Gasteiger partial charge >= 0.3 is 0 Å². The van der Waals surface area contributed by atoms with Gasteiger partial charge in [0.1, 0.15) is 0 Å². The first-order valence-corrected chi connectivity index (χ1v) is 12.5. The van der Waals surface area contributed by atoms with Gasteiger partial charge in [0.15, 0.2) is 0 Å². The molecule has 2 aromatic heterocycles. The monoisotopic (exact) mass is 470 g/mol. The molecule has 0 spiro atoms. The van der Waals surface area contributed by atoms with E-state index in [0.717, 1.165) is 101 Å². The van der Waals surface area contributed by atoms with Crippen molar-refractivity contribution < 1.29 is 10.2 Å². The molecule has 8 nitrogen and oxygen atoms in total. The predicted octanol–water partition coefficient (Wildman–Crippen LogP) is 1.42. The highest BCUT2D eigenvalue weighted by Crippen LogP contribution is 2.09. The molecule has 188 valence electrons. The summed E-state index contributed by atoms with van der Waals surface area (Å²) in [6.07, 6.45) is 2.22. The van der Waals surface area contributed by atoms with Gasteiger partial charge in [0, 0.05) is 39.3 Å². The van der Waals surface area contributed by atoms with Crippen LogP contribution in [0, 0.1) is 0 Å². The van der Waals surface area contributed by atoms with Gasteiger partial charge in [-0.1, -0.05) is 12.1 Å². The van der Waals surface area contributed by atoms with Gasteiger partial charge in [-0.2, -0.15) is 0 Å². The topological polar surface area (TPSA) is 79.2 Å². The minimum atomic E-state index is -0.0126. The number of likely N-dealkylation sites (N-methyl/N-ethyl adjacent to an activating group) is 2. The molecule has 34 heavy (non-hydrogen) atoms. The van der Waals surface area contributed by atoms with Crippen molar-refractivity contribution in [1.29, 1.82) is 0 Å². The molecule has 0 aliphatic carbocycles. The Morgan fingerprint density at radius 2 is 1.00 bits per heavy atom. The van der Waals surface area contributed by atoms with Gasteiger partial charge < -0.3 is 20.0 Å². The molecular formula is C26H42N6O2. The van der Waals surface area contributed by atoms with Crippen LogP contribution in [0.4, 0.5) is 0 Å². The van der Waals surface area contributed by atoms with Crippen molar-refractivity contribution in [3.63, 3.8) is 0 Å². The maximum atomic E-state index is 9.41. The molecule has 0 amide bonds. The number of nitrogens with zero attached hydrogens (tertiary/aromatic N) is 6. The van der Waals surface area contributed by atoms with Crippen LogP contribution >= 0.6 is 0 Å². The Morgan fingerprint density at radius 3 is 1.41 bits per heavy atom. The van der Waals surface area contributed by atoms with E-state index in [1.54, 1.807) is 0 Å². The zero-order chi connectivity index (χ0) is 24.2. The first kappa shape index (κ1) is 26.7. The maximum absolute atomic E-state index is 9.41. The molecule has 1 aliphatic rings. The average molecular weight is 471 g/mol. The van der Waals surface area contributed by atoms with Crippen molar-refractivity contribution in [2.45, 2.75) is 39.1 Å². The third-order valence-corrected chi connectivity index (χ3v) is 6.45. The van der Waals surface area contributed by atoms with E-state index < -0.39 is 0 Å². The Balaban J connectivity index is 1.57. The molecule has 0 aromatic carbocycles. The Morgan fingerprint density at radius 1 is 0.588 bits per heavy atom. The van der Waals surface area contributed by atoms with E-state index >= 15 is 0 Å². The van der Waals surface area contributed by atoms with Crippen molar-refractivity contribution in [3.8, 4) is 0 Å². The largest absolute Gasteiger partial charge is 0.390 e. The third kappa shape index (κ3) is 9.37. The highest BCUT2D eigenvalue weighted by Gasteiger charge is 2.14. The highest BCUT2D eigenvalue weighted by molar-refractivity contribution is 5.11. The van der Waals surface area contributed by atoms with Crippen molar-refractivity contribution in [3.05, 3.63) is 59.2 Å². The quantitative estimate of drug-likeness (QED) is 0.656. The van der Waals surface area contributed by atoms with E-state index in [1.165, 1.54) is 0 Å². The summed E-state index contributed by atoms with van der Waals surface area (Å²) in [4.78, 5) is 19.0. The molecule has 0 saturated carbocycles. The summed E-state index contributed by atoms with van der Waals surface area (Å²) in [5.74, 6) is 0. The first-order valence-electron chi connectivity index (χ1n) is 12.5. The number of hydrogen-bond donors (Lipinski definition) is 2. The number of aliphatic hydroxyl groups excluding tert-OH is 2. The smallest absolute Gasteiger partial charge is 0.0853 e. The minimum Gasteiger partial charge on any atom is -0.390 e. The van der Waals surface area contributed by atoms with Gasteiger partial charge in [-0.05, 0) is 77.4 Å². The Hall–Kier alpha value is -1.94. The molecule has 3 rings (SSSR count). The Bertz CT molecular complexity index is 782. The molecule has 0 bridgehead atoms. The first-order chi connectivity index (χ1) is 16.6. The molecule has 3 heterocycles. The Labute approximate surface area is 204 Å². The van der Waals surface area contributed by atoms with Crippen molar-refractivity contribution in [1.82, 2.24) is 29.6 Å². The van der Waals surface area contributed by atoms with Crippen LogP contribution in [0.3, 0.4) is 0 Å². The summed E-state index contributed by atoms with van der Waals surface area (Å²) in [5, 5.41) is 18.8. The number of pyridine rings is 2. The summed E-state index contributed by atoms with van der Waals surface area (Å²) in [6.45, 7) is 9.85. The fraction of sp³-hybridized carbons (Fsp3) is 0.615. The average Bonchev–Trinajstić information content (AvgIpc) is 2.85. The summed E-state index contributed by atoms with van der Waals surface area (Å²) in [6, 6.07) is 11.8. The lowest BCUT2D eigenvalue weighted by molar-refractivity contribution is 0.171. The van der Waals surface area contributed by atoms with Crippen LogP contribution in [-0.4, -0.2) is 106 Å². The summed E-state index contributed by atoms with van der Waals surface area (Å²) < 4.78 is 0. The molecule has 1 aliphatic heterocycles. The molecule has 1 fully saturated rings. The summed E-state index contributed by atoms with van der Waals surface area (Å²) in [7, 11) is 4.41. The van der Waals surface area contributed by atoms with Crippen LogP contribution in [0.25, 0.3) is 0 Å². The minimum absolute atomic E-state index is 0.0126. The van der Waals surface area contributed by atoms with Gasteiger partial charge in [-0.3, -0.25) is 19.8 Å². The van der Waals surface area contributed by atoms with Crippen LogP contribution in [0.15, 0.2) is 36.4 Å². The summed E-state index contributed by atoms with van der Waals surface area (Å²) in [5.41, 5.74) is 3.52. The van der Waals surface area contributed by atoms with Gasteiger partial charge in [-0.25, -0.2) is 0 Å². The normalized spacial score (nSPS) is 19.2. The lowest BCUT2D eigenvalue weighted by atomic mass is 10.2. The van der Waals surface area contributed by atoms with E-state index in [-0.39, 0.29) is 13.2 Å². The zero-order valence-corrected chi connectivity index (χ0v) is 20.9. The van der Waals surface area contributed by atoms with Crippen LogP contribution < -0.4 is 0 Å². The number of hydrogen-bond acceptors (Lipinski definition) is 8. The molecule has 1 saturated heterocycles. The lowest BCUT2D eigenvalue weighted by Gasteiger charge is -2.29. The van der Waals surface area contributed by atoms with Crippen molar-refractivity contribution in [2.75, 3.05) is 66.5 Å². The molecule has 2 aromatic rings. The third-order valence-electron chi connectivity index (χ3n) is 6.45. The van der Waals surface area contributed by atoms with E-state index in [2.05, 4.69) is 55.8 Å². The number of aliphatic hydroxyl groups is 2. The standard InChI is InChI=1S/C26H42N6O2/c1-29-11-5-13-32(20-24-8-4-10-26(22-34)28-24)18-16-30(2)12-6-14-31(17-15-29)19-23-7-3-9-25(21-33)27-23/h3-4,7-10,33-34H,5-6,11-22H2,1-2H3. The predicted molar refractivity (Wildman–Crippen MR) is 135 cm³/mol. The van der Waals surface area contributed by atoms with Crippen LogP contribution in [0.1, 0.15) is 35.6 Å². The Kier molecular flexibility index (Phi) is 11.3. The van der Waals surface area contributed by atoms with Gasteiger partial charge in [0.05, 0.1) is 36.0 Å². The summed E-state index contributed by atoms with van der Waals surface area (Å²) >= 11 is 0. The fourth-order valence-electron chi connectivity index (χ4n) is 4.39. The highest BCUT2D eigenvalue weighted by atomic mass is 16.3. The van der Waals surface area contributed by atoms with Crippen molar-refractivity contribution >= 4 is 0 Å². The maximum Gasteiger partial charge on any atom is 0.0853 e. The number of aromatic nitrogens is 2. The van der Waals surface area contributed by atoms with Gasteiger partial charge in [-0.15, -0.1) is 0 Å².